The van der Waals surface area contributed by atoms with Crippen LogP contribution in [0.1, 0.15) is 12.6 Å². The van der Waals surface area contributed by atoms with Gasteiger partial charge in [0.25, 0.3) is 0 Å². The Balaban J connectivity index is 3.24. The highest BCUT2D eigenvalue weighted by molar-refractivity contribution is 6.29. The van der Waals surface area contributed by atoms with Crippen molar-refractivity contribution in [2.24, 2.45) is 0 Å². The van der Waals surface area contributed by atoms with E-state index in [4.69, 9.17) is 17.3 Å². The van der Waals surface area contributed by atoms with Gasteiger partial charge in [0, 0.05) is 6.07 Å². The van der Waals surface area contributed by atoms with Crippen LogP contribution in [0.4, 0.5) is 10.1 Å². The van der Waals surface area contributed by atoms with Gasteiger partial charge in [-0.05, 0) is 6.42 Å². The van der Waals surface area contributed by atoms with Crippen LogP contribution in [0.3, 0.4) is 0 Å². The van der Waals surface area contributed by atoms with Crippen LogP contribution in [0.25, 0.3) is 0 Å². The second kappa shape index (κ2) is 3.05. The van der Waals surface area contributed by atoms with E-state index in [1.807, 2.05) is 0 Å². The molecule has 0 aliphatic carbocycles. The van der Waals surface area contributed by atoms with Gasteiger partial charge in [-0.2, -0.15) is 0 Å². The van der Waals surface area contributed by atoms with E-state index in [-0.39, 0.29) is 10.8 Å². The molecule has 0 fully saturated rings. The molecule has 0 saturated heterocycles. The number of rotatable bonds is 1. The highest BCUT2D eigenvalue weighted by atomic mass is 35.5. The van der Waals surface area contributed by atoms with Gasteiger partial charge in [-0.25, -0.2) is 9.37 Å². The molecule has 60 valence electrons. The summed E-state index contributed by atoms with van der Waals surface area (Å²) in [5.41, 5.74) is 5.67. The normalized spacial score (nSPS) is 10.1. The largest absolute Gasteiger partial charge is 0.396 e. The van der Waals surface area contributed by atoms with Crippen LogP contribution >= 0.6 is 11.6 Å². The third-order valence-corrected chi connectivity index (χ3v) is 1.55. The van der Waals surface area contributed by atoms with Crippen molar-refractivity contribution in [3.63, 3.8) is 0 Å². The summed E-state index contributed by atoms with van der Waals surface area (Å²) in [5, 5.41) is 0.237. The second-order valence-electron chi connectivity index (χ2n) is 2.15. The van der Waals surface area contributed by atoms with E-state index in [1.165, 1.54) is 6.07 Å². The molecule has 4 heteroatoms. The number of aromatic nitrogens is 1. The van der Waals surface area contributed by atoms with E-state index in [1.54, 1.807) is 6.92 Å². The smallest absolute Gasteiger partial charge is 0.167 e. The Morgan fingerprint density at radius 2 is 2.36 bits per heavy atom. The molecule has 1 aromatic heterocycles. The number of pyridine rings is 1. The van der Waals surface area contributed by atoms with E-state index in [0.29, 0.717) is 12.1 Å². The molecule has 0 aliphatic rings. The lowest BCUT2D eigenvalue weighted by molar-refractivity contribution is 0.607. The lowest BCUT2D eigenvalue weighted by Crippen LogP contribution is -1.99. The molecule has 0 saturated carbocycles. The minimum Gasteiger partial charge on any atom is -0.396 e. The number of hydrogen-bond acceptors (Lipinski definition) is 2. The first-order valence-electron chi connectivity index (χ1n) is 3.25. The van der Waals surface area contributed by atoms with Gasteiger partial charge in [0.1, 0.15) is 5.15 Å². The fourth-order valence-corrected chi connectivity index (χ4v) is 1.02. The minimum atomic E-state index is -0.461. The van der Waals surface area contributed by atoms with Crippen LogP contribution in [-0.2, 0) is 6.42 Å². The molecule has 1 heterocycles. The van der Waals surface area contributed by atoms with Crippen LogP contribution in [0.5, 0.6) is 0 Å². The fraction of sp³-hybridized carbons (Fsp3) is 0.286. The average Bonchev–Trinajstić information content (AvgIpc) is 1.96. The number of nitrogens with zero attached hydrogens (tertiary/aromatic N) is 1. The highest BCUT2D eigenvalue weighted by Crippen LogP contribution is 2.17. The van der Waals surface area contributed by atoms with E-state index in [0.717, 1.165) is 0 Å². The van der Waals surface area contributed by atoms with Crippen molar-refractivity contribution >= 4 is 17.3 Å². The molecular formula is C7H8ClFN2. The third-order valence-electron chi connectivity index (χ3n) is 1.36. The number of nitrogen functional groups attached to an aromatic ring is 1. The van der Waals surface area contributed by atoms with Gasteiger partial charge in [0.05, 0.1) is 11.4 Å². The number of nitrogens with two attached hydrogens (primary N) is 1. The average molecular weight is 175 g/mol. The molecule has 1 aromatic rings. The molecule has 0 spiro atoms. The first kappa shape index (κ1) is 8.27. The zero-order valence-electron chi connectivity index (χ0n) is 6.06. The molecule has 2 nitrogen and oxygen atoms in total. The van der Waals surface area contributed by atoms with E-state index in [2.05, 4.69) is 4.98 Å². The SMILES string of the molecule is CCc1nc(Cl)cc(N)c1F. The molecule has 0 aliphatic heterocycles. The Labute approximate surface area is 69.2 Å². The summed E-state index contributed by atoms with van der Waals surface area (Å²) in [6.45, 7) is 1.79. The zero-order valence-corrected chi connectivity index (χ0v) is 6.82. The van der Waals surface area contributed by atoms with Crippen molar-refractivity contribution in [1.29, 1.82) is 0 Å². The molecule has 0 radical (unpaired) electrons. The summed E-state index contributed by atoms with van der Waals surface area (Å²) in [7, 11) is 0. The van der Waals surface area contributed by atoms with Crippen LogP contribution in [0, 0.1) is 5.82 Å². The quantitative estimate of drug-likeness (QED) is 0.662. The summed E-state index contributed by atoms with van der Waals surface area (Å²) in [6.07, 6.45) is 0.497. The first-order valence-corrected chi connectivity index (χ1v) is 3.63. The fourth-order valence-electron chi connectivity index (χ4n) is 0.803. The summed E-state index contributed by atoms with van der Waals surface area (Å²) < 4.78 is 12.9. The molecule has 11 heavy (non-hydrogen) atoms. The van der Waals surface area contributed by atoms with Gasteiger partial charge in [-0.3, -0.25) is 0 Å². The lowest BCUT2D eigenvalue weighted by atomic mass is 10.2. The van der Waals surface area contributed by atoms with E-state index < -0.39 is 5.82 Å². The van der Waals surface area contributed by atoms with Crippen LogP contribution < -0.4 is 5.73 Å². The van der Waals surface area contributed by atoms with Gasteiger partial charge in [-0.1, -0.05) is 18.5 Å². The maximum absolute atomic E-state index is 12.9. The molecule has 0 atom stereocenters. The summed E-state index contributed by atoms with van der Waals surface area (Å²) in [4.78, 5) is 3.76. The topological polar surface area (TPSA) is 38.9 Å². The van der Waals surface area contributed by atoms with Gasteiger partial charge in [-0.15, -0.1) is 0 Å². The summed E-state index contributed by atoms with van der Waals surface area (Å²) >= 11 is 5.54. The van der Waals surface area contributed by atoms with E-state index >= 15 is 0 Å². The Kier molecular flexibility index (Phi) is 2.29. The van der Waals surface area contributed by atoms with Crippen molar-refractivity contribution < 1.29 is 4.39 Å². The van der Waals surface area contributed by atoms with Crippen molar-refractivity contribution in [1.82, 2.24) is 4.98 Å². The molecule has 1 rings (SSSR count). The second-order valence-corrected chi connectivity index (χ2v) is 2.54. The van der Waals surface area contributed by atoms with Crippen molar-refractivity contribution in [2.45, 2.75) is 13.3 Å². The van der Waals surface area contributed by atoms with E-state index in [9.17, 15) is 4.39 Å². The summed E-state index contributed by atoms with van der Waals surface area (Å²) in [6, 6.07) is 1.30. The van der Waals surface area contributed by atoms with Crippen LogP contribution in [0.2, 0.25) is 5.15 Å². The highest BCUT2D eigenvalue weighted by Gasteiger charge is 2.06. The predicted molar refractivity (Wildman–Crippen MR) is 43.0 cm³/mol. The van der Waals surface area contributed by atoms with Gasteiger partial charge < -0.3 is 5.73 Å². The van der Waals surface area contributed by atoms with Gasteiger partial charge >= 0.3 is 0 Å². The van der Waals surface area contributed by atoms with Crippen LogP contribution in [0.15, 0.2) is 6.07 Å². The maximum atomic E-state index is 12.9. The Morgan fingerprint density at radius 1 is 1.73 bits per heavy atom. The molecular weight excluding hydrogens is 167 g/mol. The van der Waals surface area contributed by atoms with Crippen molar-refractivity contribution in [3.8, 4) is 0 Å². The monoisotopic (exact) mass is 174 g/mol. The molecule has 2 N–H and O–H groups in total. The lowest BCUT2D eigenvalue weighted by Gasteiger charge is -2.01. The zero-order chi connectivity index (χ0) is 8.43. The molecule has 0 aromatic carbocycles. The van der Waals surface area contributed by atoms with Crippen molar-refractivity contribution in [2.75, 3.05) is 5.73 Å². The predicted octanol–water partition coefficient (Wildman–Crippen LogP) is 2.02. The number of aryl methyl sites for hydroxylation is 1. The van der Waals surface area contributed by atoms with Gasteiger partial charge in [0.2, 0.25) is 0 Å². The Bertz CT molecular complexity index is 275. The molecule has 0 amide bonds. The number of hydrogen-bond donors (Lipinski definition) is 1. The maximum Gasteiger partial charge on any atom is 0.167 e. The number of halogens is 2. The minimum absolute atomic E-state index is 0.0573. The summed E-state index contributed by atoms with van der Waals surface area (Å²) in [5.74, 6) is -0.461. The Hall–Kier alpha value is -0.830. The molecule has 0 bridgehead atoms. The van der Waals surface area contributed by atoms with Crippen molar-refractivity contribution in [3.05, 3.63) is 22.7 Å². The standard InChI is InChI=1S/C7H8ClFN2/c1-2-5-7(9)4(10)3-6(8)11-5/h3H,2H2,1H3,(H2,10,11). The third kappa shape index (κ3) is 1.60. The Morgan fingerprint density at radius 3 is 2.91 bits per heavy atom. The van der Waals surface area contributed by atoms with Crippen LogP contribution in [-0.4, -0.2) is 4.98 Å². The number of anilines is 1. The molecule has 0 unspecified atom stereocenters. The first-order chi connectivity index (χ1) is 5.15. The van der Waals surface area contributed by atoms with Gasteiger partial charge in [0.15, 0.2) is 5.82 Å².